The summed E-state index contributed by atoms with van der Waals surface area (Å²) in [7, 11) is 1.43. The number of anilines is 1. The Labute approximate surface area is 182 Å². The van der Waals surface area contributed by atoms with Gasteiger partial charge < -0.3 is 10.1 Å². The molecule has 32 heavy (non-hydrogen) atoms. The Balaban J connectivity index is 1.69. The van der Waals surface area contributed by atoms with Gasteiger partial charge in [-0.2, -0.15) is 5.10 Å². The zero-order valence-electron chi connectivity index (χ0n) is 17.0. The van der Waals surface area contributed by atoms with E-state index in [0.717, 1.165) is 4.68 Å². The van der Waals surface area contributed by atoms with Crippen molar-refractivity contribution in [1.82, 2.24) is 9.78 Å². The third kappa shape index (κ3) is 4.24. The molecule has 4 rings (SSSR count). The monoisotopic (exact) mass is 431 g/mol. The van der Waals surface area contributed by atoms with Crippen LogP contribution in [-0.4, -0.2) is 21.7 Å². The zero-order chi connectivity index (χ0) is 22.7. The van der Waals surface area contributed by atoms with Crippen molar-refractivity contribution in [3.8, 4) is 0 Å². The number of aryl methyl sites for hydroxylation is 1. The molecule has 160 valence electrons. The molecule has 0 aliphatic carbocycles. The van der Waals surface area contributed by atoms with Gasteiger partial charge in [0.05, 0.1) is 5.39 Å². The van der Waals surface area contributed by atoms with Crippen LogP contribution in [0.25, 0.3) is 10.8 Å². The first-order chi connectivity index (χ1) is 15.4. The fourth-order valence-corrected chi connectivity index (χ4v) is 3.26. The number of esters is 1. The molecule has 0 bridgehead atoms. The molecular formula is C24H18FN3O4. The van der Waals surface area contributed by atoms with Gasteiger partial charge in [-0.15, -0.1) is 0 Å². The first kappa shape index (κ1) is 20.9. The van der Waals surface area contributed by atoms with Crippen molar-refractivity contribution in [2.45, 2.75) is 6.10 Å². The highest BCUT2D eigenvalue weighted by Gasteiger charge is 2.28. The molecule has 1 amide bonds. The number of ether oxygens (including phenoxy) is 1. The number of hydrogen-bond acceptors (Lipinski definition) is 5. The maximum absolute atomic E-state index is 13.2. The largest absolute Gasteiger partial charge is 0.442 e. The second-order valence-electron chi connectivity index (χ2n) is 7.02. The van der Waals surface area contributed by atoms with Crippen LogP contribution < -0.4 is 10.9 Å². The summed E-state index contributed by atoms with van der Waals surface area (Å²) >= 11 is 0. The van der Waals surface area contributed by atoms with Gasteiger partial charge in [-0.05, 0) is 30.3 Å². The second-order valence-corrected chi connectivity index (χ2v) is 7.02. The highest BCUT2D eigenvalue weighted by molar-refractivity contribution is 6.04. The lowest BCUT2D eigenvalue weighted by atomic mass is 10.1. The summed E-state index contributed by atoms with van der Waals surface area (Å²) < 4.78 is 19.8. The number of halogens is 1. The van der Waals surface area contributed by atoms with E-state index in [9.17, 15) is 18.8 Å². The highest BCUT2D eigenvalue weighted by Crippen LogP contribution is 2.23. The molecule has 1 heterocycles. The van der Waals surface area contributed by atoms with E-state index in [1.165, 1.54) is 31.3 Å². The zero-order valence-corrected chi connectivity index (χ0v) is 17.0. The summed E-state index contributed by atoms with van der Waals surface area (Å²) in [5.41, 5.74) is 0.345. The molecule has 7 nitrogen and oxygen atoms in total. The van der Waals surface area contributed by atoms with E-state index in [0.29, 0.717) is 22.0 Å². The quantitative estimate of drug-likeness (QED) is 0.488. The van der Waals surface area contributed by atoms with Crippen molar-refractivity contribution in [2.24, 2.45) is 7.05 Å². The number of aromatic nitrogens is 2. The van der Waals surface area contributed by atoms with E-state index in [1.807, 2.05) is 0 Å². The van der Waals surface area contributed by atoms with E-state index in [2.05, 4.69) is 10.4 Å². The number of amides is 1. The Hall–Kier alpha value is -4.33. The Bertz CT molecular complexity index is 1350. The van der Waals surface area contributed by atoms with Crippen LogP contribution in [0.1, 0.15) is 22.2 Å². The van der Waals surface area contributed by atoms with Crippen LogP contribution in [0, 0.1) is 5.82 Å². The Kier molecular flexibility index (Phi) is 5.76. The van der Waals surface area contributed by atoms with Crippen LogP contribution in [0.5, 0.6) is 0 Å². The van der Waals surface area contributed by atoms with Crippen molar-refractivity contribution in [3.05, 3.63) is 106 Å². The summed E-state index contributed by atoms with van der Waals surface area (Å²) in [5.74, 6) is -1.92. The number of fused-ring (bicyclic) bond motifs is 1. The molecule has 0 aliphatic rings. The number of benzene rings is 3. The molecule has 1 aromatic heterocycles. The van der Waals surface area contributed by atoms with Gasteiger partial charge in [0, 0.05) is 23.7 Å². The summed E-state index contributed by atoms with van der Waals surface area (Å²) in [6, 6.07) is 20.2. The third-order valence-corrected chi connectivity index (χ3v) is 4.83. The summed E-state index contributed by atoms with van der Waals surface area (Å²) in [4.78, 5) is 38.4. The van der Waals surface area contributed by atoms with Crippen molar-refractivity contribution in [2.75, 3.05) is 5.32 Å². The van der Waals surface area contributed by atoms with E-state index in [4.69, 9.17) is 4.74 Å². The summed E-state index contributed by atoms with van der Waals surface area (Å²) in [6.07, 6.45) is -1.30. The Morgan fingerprint density at radius 3 is 2.25 bits per heavy atom. The van der Waals surface area contributed by atoms with Gasteiger partial charge in [0.15, 0.2) is 5.69 Å². The molecule has 0 saturated heterocycles. The number of carbonyl (C=O) groups excluding carboxylic acids is 2. The van der Waals surface area contributed by atoms with Crippen LogP contribution in [0.2, 0.25) is 0 Å². The smallest absolute Gasteiger partial charge is 0.360 e. The molecule has 0 spiro atoms. The van der Waals surface area contributed by atoms with Crippen LogP contribution in [-0.2, 0) is 16.6 Å². The lowest BCUT2D eigenvalue weighted by Crippen LogP contribution is -2.28. The number of nitrogens with one attached hydrogen (secondary N) is 1. The molecule has 0 fully saturated rings. The molecule has 0 aliphatic heterocycles. The first-order valence-corrected chi connectivity index (χ1v) is 9.72. The van der Waals surface area contributed by atoms with Gasteiger partial charge in [0.25, 0.3) is 11.5 Å². The van der Waals surface area contributed by atoms with Crippen molar-refractivity contribution in [1.29, 1.82) is 0 Å². The Morgan fingerprint density at radius 2 is 1.56 bits per heavy atom. The van der Waals surface area contributed by atoms with Crippen molar-refractivity contribution >= 4 is 28.3 Å². The van der Waals surface area contributed by atoms with Gasteiger partial charge in [-0.1, -0.05) is 48.5 Å². The minimum atomic E-state index is -1.30. The fourth-order valence-electron chi connectivity index (χ4n) is 3.26. The predicted octanol–water partition coefficient (Wildman–Crippen LogP) is 3.61. The van der Waals surface area contributed by atoms with Crippen molar-refractivity contribution < 1.29 is 18.7 Å². The maximum atomic E-state index is 13.2. The molecule has 1 N–H and O–H groups in total. The minimum Gasteiger partial charge on any atom is -0.442 e. The average Bonchev–Trinajstić information content (AvgIpc) is 2.81. The van der Waals surface area contributed by atoms with E-state index < -0.39 is 23.8 Å². The van der Waals surface area contributed by atoms with Gasteiger partial charge in [-0.3, -0.25) is 9.59 Å². The average molecular weight is 431 g/mol. The standard InChI is InChI=1S/C24H18FN3O4/c1-28-23(30)19-10-6-5-9-18(19)20(27-28)24(31)32-21(15-7-3-2-4-8-15)22(29)26-17-13-11-16(25)12-14-17/h2-14,21H,1H3,(H,26,29). The number of nitrogens with zero attached hydrogens (tertiary/aromatic N) is 2. The fraction of sp³-hybridized carbons (Fsp3) is 0.0833. The van der Waals surface area contributed by atoms with Crippen LogP contribution >= 0.6 is 0 Å². The molecule has 1 unspecified atom stereocenters. The lowest BCUT2D eigenvalue weighted by Gasteiger charge is -2.18. The van der Waals surface area contributed by atoms with Crippen molar-refractivity contribution in [3.63, 3.8) is 0 Å². The number of carbonyl (C=O) groups is 2. The second kappa shape index (κ2) is 8.81. The SMILES string of the molecule is Cn1nc(C(=O)OC(C(=O)Nc2ccc(F)cc2)c2ccccc2)c2ccccc2c1=O. The minimum absolute atomic E-state index is 0.0850. The number of hydrogen-bond donors (Lipinski definition) is 1. The predicted molar refractivity (Wildman–Crippen MR) is 117 cm³/mol. The molecule has 8 heteroatoms. The lowest BCUT2D eigenvalue weighted by molar-refractivity contribution is -0.125. The van der Waals surface area contributed by atoms with Crippen LogP contribution in [0.15, 0.2) is 83.7 Å². The molecule has 4 aromatic rings. The van der Waals surface area contributed by atoms with Crippen LogP contribution in [0.4, 0.5) is 10.1 Å². The van der Waals surface area contributed by atoms with Gasteiger partial charge in [0.1, 0.15) is 5.82 Å². The van der Waals surface area contributed by atoms with Gasteiger partial charge >= 0.3 is 5.97 Å². The topological polar surface area (TPSA) is 90.3 Å². The van der Waals surface area contributed by atoms with E-state index in [-0.39, 0.29) is 11.3 Å². The molecule has 0 radical (unpaired) electrons. The normalized spacial score (nSPS) is 11.7. The molecule has 1 atom stereocenters. The number of rotatable bonds is 5. The highest BCUT2D eigenvalue weighted by atomic mass is 19.1. The molecule has 0 saturated carbocycles. The maximum Gasteiger partial charge on any atom is 0.360 e. The van der Waals surface area contributed by atoms with Gasteiger partial charge in [-0.25, -0.2) is 13.9 Å². The summed E-state index contributed by atoms with van der Waals surface area (Å²) in [6.45, 7) is 0. The molecular weight excluding hydrogens is 413 g/mol. The van der Waals surface area contributed by atoms with Gasteiger partial charge in [0.2, 0.25) is 6.10 Å². The van der Waals surface area contributed by atoms with E-state index >= 15 is 0 Å². The van der Waals surface area contributed by atoms with E-state index in [1.54, 1.807) is 54.6 Å². The first-order valence-electron chi connectivity index (χ1n) is 9.72. The third-order valence-electron chi connectivity index (χ3n) is 4.83. The summed E-state index contributed by atoms with van der Waals surface area (Å²) in [5, 5.41) is 7.32. The molecule has 3 aromatic carbocycles. The Morgan fingerprint density at radius 1 is 0.938 bits per heavy atom. The van der Waals surface area contributed by atoms with Crippen LogP contribution in [0.3, 0.4) is 0 Å².